The van der Waals surface area contributed by atoms with Crippen molar-refractivity contribution in [2.45, 2.75) is 46.5 Å². The van der Waals surface area contributed by atoms with E-state index in [2.05, 4.69) is 60.9 Å². The first-order valence-corrected chi connectivity index (χ1v) is 13.7. The molecule has 0 unspecified atom stereocenters. The van der Waals surface area contributed by atoms with E-state index in [1.807, 2.05) is 31.2 Å². The number of nitrogens with zero attached hydrogens (tertiary/aromatic N) is 2. The van der Waals surface area contributed by atoms with Crippen LogP contribution in [-0.4, -0.2) is 25.3 Å². The summed E-state index contributed by atoms with van der Waals surface area (Å²) in [6, 6.07) is 13.1. The molecule has 0 saturated carbocycles. The number of halogens is 1. The molecule has 3 aromatic rings. The number of H-pyrrole nitrogens is 1. The molecule has 3 rings (SSSR count). The van der Waals surface area contributed by atoms with Crippen LogP contribution in [0.25, 0.3) is 10.9 Å². The van der Waals surface area contributed by atoms with E-state index in [-0.39, 0.29) is 18.0 Å². The molecule has 0 amide bonds. The van der Waals surface area contributed by atoms with Gasteiger partial charge in [0.2, 0.25) is 0 Å². The lowest BCUT2D eigenvalue weighted by Gasteiger charge is -2.29. The van der Waals surface area contributed by atoms with E-state index in [0.717, 1.165) is 28.0 Å². The SMILES string of the molecule is Cc1c(N(c2ccc(C#C[Si](C)(C)C)c(F)c2)C(C)C)[nH]c2cc(C#N)ccc12.O=C=O. The quantitative estimate of drug-likeness (QED) is 0.414. The highest BCUT2D eigenvalue weighted by Crippen LogP contribution is 2.35. The first-order valence-electron chi connectivity index (χ1n) is 10.2. The normalized spacial score (nSPS) is 10.5. The minimum absolute atomic E-state index is 0.107. The maximum Gasteiger partial charge on any atom is 0.373 e. The van der Waals surface area contributed by atoms with Crippen LogP contribution in [-0.2, 0) is 9.59 Å². The number of hydrogen-bond donors (Lipinski definition) is 1. The van der Waals surface area contributed by atoms with E-state index in [4.69, 9.17) is 9.59 Å². The van der Waals surface area contributed by atoms with Gasteiger partial charge in [-0.15, -0.1) is 5.54 Å². The molecule has 1 aromatic heterocycles. The second-order valence-electron chi connectivity index (χ2n) is 8.68. The number of aryl methyl sites for hydroxylation is 1. The highest BCUT2D eigenvalue weighted by Gasteiger charge is 2.20. The molecule has 0 radical (unpaired) electrons. The van der Waals surface area contributed by atoms with Gasteiger partial charge in [0.1, 0.15) is 19.7 Å². The average Bonchev–Trinajstić information content (AvgIpc) is 3.02. The number of aromatic nitrogens is 1. The zero-order chi connectivity index (χ0) is 24.1. The van der Waals surface area contributed by atoms with Crippen LogP contribution in [0.15, 0.2) is 36.4 Å². The van der Waals surface area contributed by atoms with Crippen LogP contribution >= 0.6 is 0 Å². The predicted octanol–water partition coefficient (Wildman–Crippen LogP) is 5.68. The molecule has 0 spiro atoms. The summed E-state index contributed by atoms with van der Waals surface area (Å²) in [5.74, 6) is 3.62. The summed E-state index contributed by atoms with van der Waals surface area (Å²) in [5, 5.41) is 10.2. The summed E-state index contributed by atoms with van der Waals surface area (Å²) < 4.78 is 14.8. The van der Waals surface area contributed by atoms with Crippen LogP contribution in [0.5, 0.6) is 0 Å². The molecular formula is C25H26FN3O2Si. The van der Waals surface area contributed by atoms with Crippen LogP contribution in [0, 0.1) is 35.5 Å². The number of aromatic amines is 1. The summed E-state index contributed by atoms with van der Waals surface area (Å²) in [6.45, 7) is 12.6. The first kappa shape index (κ1) is 24.6. The Balaban J connectivity index is 0.00000114. The van der Waals surface area contributed by atoms with Crippen molar-refractivity contribution in [1.29, 1.82) is 5.26 Å². The van der Waals surface area contributed by atoms with Gasteiger partial charge in [-0.05, 0) is 56.7 Å². The predicted molar refractivity (Wildman–Crippen MR) is 127 cm³/mol. The van der Waals surface area contributed by atoms with Crippen molar-refractivity contribution in [3.8, 4) is 17.5 Å². The van der Waals surface area contributed by atoms with Gasteiger partial charge in [0, 0.05) is 22.6 Å². The number of nitriles is 1. The van der Waals surface area contributed by atoms with Crippen LogP contribution in [0.2, 0.25) is 19.6 Å². The summed E-state index contributed by atoms with van der Waals surface area (Å²) in [6.07, 6.45) is 0.250. The largest absolute Gasteiger partial charge is 0.373 e. The molecule has 0 atom stereocenters. The van der Waals surface area contributed by atoms with Gasteiger partial charge in [-0.2, -0.15) is 14.9 Å². The van der Waals surface area contributed by atoms with Crippen LogP contribution in [0.4, 0.5) is 15.9 Å². The van der Waals surface area contributed by atoms with Gasteiger partial charge < -0.3 is 9.88 Å². The van der Waals surface area contributed by atoms with Gasteiger partial charge >= 0.3 is 6.15 Å². The van der Waals surface area contributed by atoms with Crippen molar-refractivity contribution in [3.63, 3.8) is 0 Å². The Labute approximate surface area is 188 Å². The molecule has 1 heterocycles. The van der Waals surface area contributed by atoms with Gasteiger partial charge in [0.15, 0.2) is 0 Å². The number of carbonyl (C=O) groups excluding carboxylic acids is 2. The molecule has 32 heavy (non-hydrogen) atoms. The zero-order valence-corrected chi connectivity index (χ0v) is 20.1. The van der Waals surface area contributed by atoms with E-state index in [0.29, 0.717) is 11.1 Å². The lowest BCUT2D eigenvalue weighted by molar-refractivity contribution is -0.191. The third-order valence-electron chi connectivity index (χ3n) is 4.72. The Morgan fingerprint density at radius 2 is 1.75 bits per heavy atom. The molecule has 5 nitrogen and oxygen atoms in total. The second kappa shape index (κ2) is 10.1. The number of benzene rings is 2. The minimum atomic E-state index is -1.57. The summed E-state index contributed by atoms with van der Waals surface area (Å²) in [7, 11) is -1.57. The summed E-state index contributed by atoms with van der Waals surface area (Å²) in [5.41, 5.74) is 7.01. The Morgan fingerprint density at radius 3 is 2.28 bits per heavy atom. The Hall–Kier alpha value is -3.64. The van der Waals surface area contributed by atoms with Crippen molar-refractivity contribution in [2.75, 3.05) is 4.90 Å². The van der Waals surface area contributed by atoms with E-state index < -0.39 is 8.07 Å². The smallest absolute Gasteiger partial charge is 0.341 e. The van der Waals surface area contributed by atoms with E-state index in [9.17, 15) is 9.65 Å². The molecule has 0 saturated heterocycles. The summed E-state index contributed by atoms with van der Waals surface area (Å²) in [4.78, 5) is 21.8. The van der Waals surface area contributed by atoms with Crippen LogP contribution in [0.1, 0.15) is 30.5 Å². The number of anilines is 2. The second-order valence-corrected chi connectivity index (χ2v) is 13.4. The first-order chi connectivity index (χ1) is 15.0. The van der Waals surface area contributed by atoms with Crippen LogP contribution < -0.4 is 4.90 Å². The van der Waals surface area contributed by atoms with Gasteiger partial charge in [-0.25, -0.2) is 4.39 Å². The van der Waals surface area contributed by atoms with Gasteiger partial charge in [-0.3, -0.25) is 0 Å². The number of nitrogens with one attached hydrogen (secondary N) is 1. The molecular weight excluding hydrogens is 421 g/mol. The zero-order valence-electron chi connectivity index (χ0n) is 19.1. The maximum atomic E-state index is 14.8. The monoisotopic (exact) mass is 447 g/mol. The average molecular weight is 448 g/mol. The molecule has 7 heteroatoms. The van der Waals surface area contributed by atoms with Crippen molar-refractivity contribution in [2.24, 2.45) is 0 Å². The highest BCUT2D eigenvalue weighted by atomic mass is 28.3. The molecule has 2 aromatic carbocycles. The fourth-order valence-electron chi connectivity index (χ4n) is 3.33. The van der Waals surface area contributed by atoms with Crippen molar-refractivity contribution < 1.29 is 14.0 Å². The number of rotatable bonds is 3. The van der Waals surface area contributed by atoms with E-state index in [1.165, 1.54) is 0 Å². The van der Waals surface area contributed by atoms with Crippen molar-refractivity contribution >= 4 is 36.6 Å². The number of fused-ring (bicyclic) bond motifs is 1. The lowest BCUT2D eigenvalue weighted by atomic mass is 10.1. The Bertz CT molecular complexity index is 1260. The molecule has 0 fully saturated rings. The third-order valence-corrected chi connectivity index (χ3v) is 5.60. The fraction of sp³-hybridized carbons (Fsp3) is 0.280. The van der Waals surface area contributed by atoms with Crippen molar-refractivity contribution in [3.05, 3.63) is 58.9 Å². The molecule has 0 aliphatic rings. The molecule has 164 valence electrons. The van der Waals surface area contributed by atoms with Gasteiger partial charge in [0.25, 0.3) is 0 Å². The maximum absolute atomic E-state index is 14.8. The van der Waals surface area contributed by atoms with E-state index >= 15 is 0 Å². The third kappa shape index (κ3) is 5.74. The molecule has 0 bridgehead atoms. The topological polar surface area (TPSA) is 77.0 Å². The van der Waals surface area contributed by atoms with Gasteiger partial charge in [0.05, 0.1) is 17.2 Å². The van der Waals surface area contributed by atoms with Gasteiger partial charge in [-0.1, -0.05) is 31.6 Å². The fourth-order valence-corrected chi connectivity index (χ4v) is 3.84. The Morgan fingerprint density at radius 1 is 1.09 bits per heavy atom. The lowest BCUT2D eigenvalue weighted by Crippen LogP contribution is -2.26. The van der Waals surface area contributed by atoms with E-state index in [1.54, 1.807) is 12.1 Å². The minimum Gasteiger partial charge on any atom is -0.341 e. The van der Waals surface area contributed by atoms with Crippen LogP contribution in [0.3, 0.4) is 0 Å². The molecule has 0 aliphatic heterocycles. The molecule has 0 aliphatic carbocycles. The summed E-state index contributed by atoms with van der Waals surface area (Å²) >= 11 is 0. The number of hydrogen-bond acceptors (Lipinski definition) is 4. The Kier molecular flexibility index (Phi) is 7.78. The standard InChI is InChI=1S/C24H26FN3Si.CO2/c1-16(2)28(20-9-8-19(22(25)14-20)11-12-29(4,5)6)24-17(3)21-10-7-18(15-26)13-23(21)27-24;2-1-3/h7-10,13-14,16,27H,1-6H3;. The molecule has 1 N–H and O–H groups in total. The van der Waals surface area contributed by atoms with Crippen molar-refractivity contribution in [1.82, 2.24) is 4.98 Å². The highest BCUT2D eigenvalue weighted by molar-refractivity contribution is 6.83.